The molecule has 0 heterocycles. The van der Waals surface area contributed by atoms with Crippen LogP contribution in [0.2, 0.25) is 0 Å². The highest BCUT2D eigenvalue weighted by molar-refractivity contribution is 7.53. The van der Waals surface area contributed by atoms with Gasteiger partial charge in [0, 0.05) is 6.54 Å². The molecule has 1 aromatic carbocycles. The maximum Gasteiger partial charge on any atom is 0.345 e. The van der Waals surface area contributed by atoms with Gasteiger partial charge in [0.2, 0.25) is 0 Å². The van der Waals surface area contributed by atoms with Crippen molar-refractivity contribution in [3.05, 3.63) is 35.9 Å². The van der Waals surface area contributed by atoms with Crippen LogP contribution in [-0.2, 0) is 11.1 Å². The Bertz CT molecular complexity index is 390. The highest BCUT2D eigenvalue weighted by Gasteiger charge is 2.43. The smallest absolute Gasteiger partial charge is 0.323 e. The predicted molar refractivity (Wildman–Crippen MR) is 75.9 cm³/mol. The number of rotatable bonds is 6. The molecule has 6 heteroatoms. The van der Waals surface area contributed by atoms with Crippen molar-refractivity contribution in [1.29, 1.82) is 0 Å². The second-order valence-corrected chi connectivity index (χ2v) is 6.07. The Morgan fingerprint density at radius 1 is 1.17 bits per heavy atom. The number of halogens is 1. The normalized spacial score (nSPS) is 12.0. The van der Waals surface area contributed by atoms with Gasteiger partial charge in [-0.2, -0.15) is 0 Å². The van der Waals surface area contributed by atoms with Crippen molar-refractivity contribution < 1.29 is 14.4 Å². The minimum Gasteiger partial charge on any atom is -0.323 e. The van der Waals surface area contributed by atoms with Gasteiger partial charge in [-0.1, -0.05) is 44.2 Å². The molecule has 18 heavy (non-hydrogen) atoms. The number of hydrogen-bond donors (Lipinski definition) is 3. The lowest BCUT2D eigenvalue weighted by Crippen LogP contribution is -2.43. The minimum absolute atomic E-state index is 0. The molecule has 1 rings (SSSR count). The van der Waals surface area contributed by atoms with Gasteiger partial charge in [0.15, 0.2) is 0 Å². The molecule has 0 aromatic heterocycles. The fraction of sp³-hybridized carbons (Fsp3) is 0.500. The molecule has 104 valence electrons. The Hall–Kier alpha value is -0.380. The first-order valence-electron chi connectivity index (χ1n) is 5.80. The number of nitrogens with one attached hydrogen (secondary N) is 1. The van der Waals surface area contributed by atoms with Gasteiger partial charge in [0.25, 0.3) is 0 Å². The maximum absolute atomic E-state index is 11.6. The summed E-state index contributed by atoms with van der Waals surface area (Å²) in [6, 6.07) is 9.60. The first kappa shape index (κ1) is 17.6. The Balaban J connectivity index is 0.00000289. The fourth-order valence-corrected chi connectivity index (χ4v) is 2.99. The number of hydrogen-bond acceptors (Lipinski definition) is 2. The van der Waals surface area contributed by atoms with Gasteiger partial charge >= 0.3 is 7.60 Å². The summed E-state index contributed by atoms with van der Waals surface area (Å²) in [7, 11) is -4.15. The fourth-order valence-electron chi connectivity index (χ4n) is 1.88. The molecule has 0 fully saturated rings. The average molecular weight is 294 g/mol. The summed E-state index contributed by atoms with van der Waals surface area (Å²) in [4.78, 5) is 18.9. The van der Waals surface area contributed by atoms with E-state index in [1.54, 1.807) is 13.8 Å². The molecule has 1 aromatic rings. The molecule has 0 unspecified atom stereocenters. The summed E-state index contributed by atoms with van der Waals surface area (Å²) < 4.78 is 11.6. The summed E-state index contributed by atoms with van der Waals surface area (Å²) >= 11 is 0. The van der Waals surface area contributed by atoms with E-state index < -0.39 is 12.9 Å². The molecule has 0 radical (unpaired) electrons. The van der Waals surface area contributed by atoms with Crippen molar-refractivity contribution in [1.82, 2.24) is 5.32 Å². The van der Waals surface area contributed by atoms with Crippen LogP contribution in [-0.4, -0.2) is 15.1 Å². The van der Waals surface area contributed by atoms with E-state index in [-0.39, 0.29) is 12.4 Å². The van der Waals surface area contributed by atoms with E-state index >= 15 is 0 Å². The van der Waals surface area contributed by atoms with Crippen LogP contribution in [0.5, 0.6) is 0 Å². The molecule has 0 amide bonds. The summed E-state index contributed by atoms with van der Waals surface area (Å²) in [5.74, 6) is 0. The molecule has 0 saturated carbocycles. The summed E-state index contributed by atoms with van der Waals surface area (Å²) in [6.45, 7) is 4.05. The van der Waals surface area contributed by atoms with Gasteiger partial charge in [-0.25, -0.2) is 0 Å². The van der Waals surface area contributed by atoms with Crippen LogP contribution in [0.3, 0.4) is 0 Å². The number of benzene rings is 1. The van der Waals surface area contributed by atoms with Gasteiger partial charge in [-0.05, 0) is 18.4 Å². The van der Waals surface area contributed by atoms with E-state index in [0.29, 0.717) is 19.4 Å². The van der Waals surface area contributed by atoms with Crippen LogP contribution in [0, 0.1) is 0 Å². The summed E-state index contributed by atoms with van der Waals surface area (Å²) in [5, 5.41) is 1.92. The summed E-state index contributed by atoms with van der Waals surface area (Å²) in [6.07, 6.45) is 0.807. The highest BCUT2D eigenvalue weighted by Crippen LogP contribution is 2.52. The van der Waals surface area contributed by atoms with Crippen LogP contribution in [0.25, 0.3) is 0 Å². The lowest BCUT2D eigenvalue weighted by Gasteiger charge is -2.33. The topological polar surface area (TPSA) is 69.6 Å². The predicted octanol–water partition coefficient (Wildman–Crippen LogP) is 2.89. The zero-order chi connectivity index (χ0) is 12.9. The van der Waals surface area contributed by atoms with Gasteiger partial charge in [0.1, 0.15) is 5.28 Å². The van der Waals surface area contributed by atoms with E-state index in [9.17, 15) is 14.4 Å². The lowest BCUT2D eigenvalue weighted by molar-refractivity contribution is 0.283. The third kappa shape index (κ3) is 4.08. The molecule has 0 spiro atoms. The van der Waals surface area contributed by atoms with Crippen LogP contribution in [0.1, 0.15) is 32.3 Å². The van der Waals surface area contributed by atoms with Gasteiger partial charge < -0.3 is 9.79 Å². The monoisotopic (exact) mass is 293 g/mol. The van der Waals surface area contributed by atoms with E-state index in [1.165, 1.54) is 0 Å². The van der Waals surface area contributed by atoms with E-state index in [2.05, 4.69) is 5.32 Å². The molecule has 0 bridgehead atoms. The van der Waals surface area contributed by atoms with Crippen LogP contribution in [0.15, 0.2) is 30.3 Å². The Labute approximate surface area is 114 Å². The average Bonchev–Trinajstić information content (AvgIpc) is 2.30. The molecular weight excluding hydrogens is 273 g/mol. The van der Waals surface area contributed by atoms with E-state index in [4.69, 9.17) is 0 Å². The van der Waals surface area contributed by atoms with Gasteiger partial charge in [0.05, 0.1) is 0 Å². The van der Waals surface area contributed by atoms with E-state index in [1.807, 2.05) is 30.3 Å². The molecule has 0 saturated heterocycles. The summed E-state index contributed by atoms with van der Waals surface area (Å²) in [5.41, 5.74) is 1.02. The van der Waals surface area contributed by atoms with Crippen molar-refractivity contribution in [2.45, 2.75) is 38.5 Å². The highest BCUT2D eigenvalue weighted by atomic mass is 35.5. The molecule has 4 nitrogen and oxygen atoms in total. The first-order chi connectivity index (χ1) is 7.95. The third-order valence-corrected chi connectivity index (χ3v) is 5.10. The molecule has 0 atom stereocenters. The standard InChI is InChI=1S/C12H20NO3P.ClH/c1-3-12(4-2,17(14,15)16)13-10-11-8-6-5-7-9-11;/h5-9,13H,3-4,10H2,1-2H3,(H2,14,15,16);1H. The molecule has 0 aliphatic carbocycles. The van der Waals surface area contributed by atoms with Gasteiger partial charge in [-0.15, -0.1) is 12.4 Å². The quantitative estimate of drug-likeness (QED) is 0.705. The molecular formula is C12H21ClNO3P. The van der Waals surface area contributed by atoms with Crippen LogP contribution < -0.4 is 5.32 Å². The first-order valence-corrected chi connectivity index (χ1v) is 7.41. The van der Waals surface area contributed by atoms with Crippen molar-refractivity contribution in [3.63, 3.8) is 0 Å². The Morgan fingerprint density at radius 2 is 1.67 bits per heavy atom. The second-order valence-electron chi connectivity index (χ2n) is 4.12. The zero-order valence-electron chi connectivity index (χ0n) is 10.7. The zero-order valence-corrected chi connectivity index (χ0v) is 12.4. The molecule has 0 aliphatic heterocycles. The lowest BCUT2D eigenvalue weighted by atomic mass is 10.1. The molecule has 3 N–H and O–H groups in total. The van der Waals surface area contributed by atoms with Crippen molar-refractivity contribution in [2.75, 3.05) is 0 Å². The van der Waals surface area contributed by atoms with Crippen LogP contribution in [0.4, 0.5) is 0 Å². The van der Waals surface area contributed by atoms with Gasteiger partial charge in [-0.3, -0.25) is 9.88 Å². The Kier molecular flexibility index (Phi) is 7.11. The van der Waals surface area contributed by atoms with Crippen LogP contribution >= 0.6 is 20.0 Å². The van der Waals surface area contributed by atoms with E-state index in [0.717, 1.165) is 5.56 Å². The largest absolute Gasteiger partial charge is 0.345 e. The SMILES string of the molecule is CCC(CC)(NCc1ccccc1)P(=O)(O)O.Cl. The van der Waals surface area contributed by atoms with Crippen molar-refractivity contribution in [2.24, 2.45) is 0 Å². The second kappa shape index (κ2) is 7.27. The van der Waals surface area contributed by atoms with Crippen molar-refractivity contribution >= 4 is 20.0 Å². The van der Waals surface area contributed by atoms with Crippen molar-refractivity contribution in [3.8, 4) is 0 Å². The maximum atomic E-state index is 11.6. The Morgan fingerprint density at radius 3 is 2.06 bits per heavy atom. The minimum atomic E-state index is -4.15. The molecule has 0 aliphatic rings. The third-order valence-electron chi connectivity index (χ3n) is 3.19.